The maximum Gasteiger partial charge on any atom is 0.322 e. The lowest BCUT2D eigenvalue weighted by molar-refractivity contribution is -0.140. The molecule has 0 fully saturated rings. The molecule has 1 aromatic carbocycles. The van der Waals surface area contributed by atoms with E-state index in [9.17, 15) is 17.6 Å². The van der Waals surface area contributed by atoms with Crippen LogP contribution in [0.3, 0.4) is 0 Å². The van der Waals surface area contributed by atoms with E-state index in [0.29, 0.717) is 0 Å². The molecule has 0 saturated heterocycles. The molecule has 0 radical (unpaired) electrons. The highest BCUT2D eigenvalue weighted by Crippen LogP contribution is 2.25. The average Bonchev–Trinajstić information content (AvgIpc) is 2.30. The Bertz CT molecular complexity index is 631. The van der Waals surface area contributed by atoms with Gasteiger partial charge in [0.1, 0.15) is 16.8 Å². The Morgan fingerprint density at radius 2 is 1.95 bits per heavy atom. The van der Waals surface area contributed by atoms with Gasteiger partial charge in [0.25, 0.3) is 0 Å². The number of carboxylic acid groups (broad SMARTS) is 1. The molecule has 0 amide bonds. The van der Waals surface area contributed by atoms with Crippen LogP contribution in [0.15, 0.2) is 17.0 Å². The molecule has 0 spiro atoms. The van der Waals surface area contributed by atoms with Crippen LogP contribution in [0.25, 0.3) is 0 Å². The zero-order chi connectivity index (χ0) is 15.7. The molecule has 0 saturated carbocycles. The Morgan fingerprint density at radius 1 is 1.40 bits per heavy atom. The summed E-state index contributed by atoms with van der Waals surface area (Å²) in [4.78, 5) is 10.7. The van der Waals surface area contributed by atoms with Crippen LogP contribution >= 0.6 is 11.6 Å². The summed E-state index contributed by atoms with van der Waals surface area (Å²) in [6.45, 7) is 4.53. The normalized spacial score (nSPS) is 13.5. The minimum atomic E-state index is -4.15. The zero-order valence-corrected chi connectivity index (χ0v) is 12.7. The Labute approximate surface area is 121 Å². The van der Waals surface area contributed by atoms with Crippen molar-refractivity contribution in [1.29, 1.82) is 0 Å². The fourth-order valence-electron chi connectivity index (χ4n) is 1.54. The highest BCUT2D eigenvalue weighted by Gasteiger charge is 2.29. The molecule has 5 nitrogen and oxygen atoms in total. The summed E-state index contributed by atoms with van der Waals surface area (Å²) in [5.41, 5.74) is 0.103. The first-order valence-electron chi connectivity index (χ1n) is 5.77. The number of nitrogens with one attached hydrogen (secondary N) is 1. The van der Waals surface area contributed by atoms with Gasteiger partial charge in [0.15, 0.2) is 0 Å². The molecule has 0 aromatic heterocycles. The van der Waals surface area contributed by atoms with E-state index >= 15 is 0 Å². The van der Waals surface area contributed by atoms with E-state index in [1.165, 1.54) is 6.92 Å². The number of halogens is 2. The maximum absolute atomic E-state index is 13.3. The van der Waals surface area contributed by atoms with Crippen molar-refractivity contribution in [3.05, 3.63) is 28.5 Å². The first-order chi connectivity index (χ1) is 9.06. The predicted octanol–water partition coefficient (Wildman–Crippen LogP) is 2.18. The highest BCUT2D eigenvalue weighted by molar-refractivity contribution is 7.89. The van der Waals surface area contributed by atoms with Gasteiger partial charge in [-0.1, -0.05) is 25.4 Å². The van der Waals surface area contributed by atoms with E-state index in [-0.39, 0.29) is 15.5 Å². The molecule has 0 aliphatic carbocycles. The van der Waals surface area contributed by atoms with E-state index in [1.807, 2.05) is 0 Å². The van der Waals surface area contributed by atoms with E-state index in [0.717, 1.165) is 12.1 Å². The number of carboxylic acids is 1. The summed E-state index contributed by atoms with van der Waals surface area (Å²) in [6, 6.07) is 0.664. The van der Waals surface area contributed by atoms with Crippen molar-refractivity contribution in [3.63, 3.8) is 0 Å². The van der Waals surface area contributed by atoms with Gasteiger partial charge >= 0.3 is 5.97 Å². The van der Waals surface area contributed by atoms with Crippen molar-refractivity contribution >= 4 is 27.6 Å². The molecule has 8 heteroatoms. The lowest BCUT2D eigenvalue weighted by Gasteiger charge is -2.18. The minimum Gasteiger partial charge on any atom is -0.480 e. The van der Waals surface area contributed by atoms with E-state index < -0.39 is 33.8 Å². The van der Waals surface area contributed by atoms with Crippen LogP contribution in [-0.2, 0) is 14.8 Å². The lowest BCUT2D eigenvalue weighted by atomic mass is 10.1. The van der Waals surface area contributed by atoms with Crippen molar-refractivity contribution in [2.24, 2.45) is 5.92 Å². The number of aryl methyl sites for hydroxylation is 1. The number of hydrogen-bond acceptors (Lipinski definition) is 3. The van der Waals surface area contributed by atoms with Gasteiger partial charge in [0, 0.05) is 0 Å². The Balaban J connectivity index is 3.24. The first kappa shape index (κ1) is 16.9. The van der Waals surface area contributed by atoms with Crippen LogP contribution in [0.1, 0.15) is 19.4 Å². The third kappa shape index (κ3) is 3.68. The van der Waals surface area contributed by atoms with Gasteiger partial charge in [-0.25, -0.2) is 12.8 Å². The van der Waals surface area contributed by atoms with Crippen LogP contribution in [0.4, 0.5) is 4.39 Å². The second-order valence-corrected chi connectivity index (χ2v) is 6.80. The van der Waals surface area contributed by atoms with Crippen LogP contribution < -0.4 is 4.72 Å². The quantitative estimate of drug-likeness (QED) is 0.870. The van der Waals surface area contributed by atoms with Crippen molar-refractivity contribution < 1.29 is 22.7 Å². The summed E-state index contributed by atoms with van der Waals surface area (Å²) >= 11 is 5.72. The zero-order valence-electron chi connectivity index (χ0n) is 11.1. The molecule has 0 aliphatic rings. The Kier molecular flexibility index (Phi) is 5.12. The van der Waals surface area contributed by atoms with Crippen LogP contribution in [0.5, 0.6) is 0 Å². The molecular formula is C12H15ClFNO4S. The topological polar surface area (TPSA) is 83.5 Å². The van der Waals surface area contributed by atoms with Gasteiger partial charge in [0.05, 0.1) is 5.02 Å². The maximum atomic E-state index is 13.3. The number of hydrogen-bond donors (Lipinski definition) is 2. The van der Waals surface area contributed by atoms with Crippen LogP contribution in [0.2, 0.25) is 5.02 Å². The van der Waals surface area contributed by atoms with Gasteiger partial charge in [-0.15, -0.1) is 0 Å². The predicted molar refractivity (Wildman–Crippen MR) is 72.7 cm³/mol. The molecular weight excluding hydrogens is 309 g/mol. The van der Waals surface area contributed by atoms with Crippen molar-refractivity contribution in [2.45, 2.75) is 31.7 Å². The first-order valence-corrected chi connectivity index (χ1v) is 7.63. The molecule has 0 unspecified atom stereocenters. The monoisotopic (exact) mass is 323 g/mol. The number of sulfonamides is 1. The van der Waals surface area contributed by atoms with Crippen molar-refractivity contribution in [2.75, 3.05) is 0 Å². The van der Waals surface area contributed by atoms with Crippen molar-refractivity contribution in [3.8, 4) is 0 Å². The molecule has 20 heavy (non-hydrogen) atoms. The fraction of sp³-hybridized carbons (Fsp3) is 0.417. The van der Waals surface area contributed by atoms with Gasteiger partial charge in [-0.3, -0.25) is 4.79 Å². The fourth-order valence-corrected chi connectivity index (χ4v) is 3.48. The highest BCUT2D eigenvalue weighted by atomic mass is 35.5. The van der Waals surface area contributed by atoms with Gasteiger partial charge in [-0.2, -0.15) is 4.72 Å². The van der Waals surface area contributed by atoms with Gasteiger partial charge < -0.3 is 5.11 Å². The van der Waals surface area contributed by atoms with Crippen LogP contribution in [0, 0.1) is 18.7 Å². The Morgan fingerprint density at radius 3 is 2.40 bits per heavy atom. The summed E-state index contributed by atoms with van der Waals surface area (Å²) in [5, 5.41) is 8.70. The number of aliphatic carboxylic acids is 1. The molecule has 1 rings (SSSR count). The molecule has 0 bridgehead atoms. The number of benzene rings is 1. The lowest BCUT2D eigenvalue weighted by Crippen LogP contribution is -2.44. The summed E-state index contributed by atoms with van der Waals surface area (Å²) < 4.78 is 39.6. The van der Waals surface area contributed by atoms with Crippen LogP contribution in [-0.4, -0.2) is 25.5 Å². The number of carbonyl (C=O) groups is 1. The second-order valence-electron chi connectivity index (χ2n) is 4.71. The Hall–Kier alpha value is -1.18. The van der Waals surface area contributed by atoms with Crippen molar-refractivity contribution in [1.82, 2.24) is 4.72 Å². The standard InChI is InChI=1S/C12H15ClFNO4S/c1-6(2)11(12(16)17)15-20(18,19)10-4-7(3)9(14)5-8(10)13/h4-6,11,15H,1-3H3,(H,16,17)/t11-/m1/s1. The molecule has 2 N–H and O–H groups in total. The SMILES string of the molecule is Cc1cc(S(=O)(=O)N[C@@H](C(=O)O)C(C)C)c(Cl)cc1F. The van der Waals surface area contributed by atoms with E-state index in [4.69, 9.17) is 16.7 Å². The van der Waals surface area contributed by atoms with Gasteiger partial charge in [-0.05, 0) is 30.5 Å². The smallest absolute Gasteiger partial charge is 0.322 e. The summed E-state index contributed by atoms with van der Waals surface area (Å²) in [6.07, 6.45) is 0. The van der Waals surface area contributed by atoms with E-state index in [1.54, 1.807) is 13.8 Å². The third-order valence-corrected chi connectivity index (χ3v) is 4.62. The minimum absolute atomic E-state index is 0.103. The summed E-state index contributed by atoms with van der Waals surface area (Å²) in [7, 11) is -4.15. The molecule has 112 valence electrons. The molecule has 1 aromatic rings. The largest absolute Gasteiger partial charge is 0.480 e. The number of rotatable bonds is 5. The van der Waals surface area contributed by atoms with E-state index in [2.05, 4.69) is 4.72 Å². The average molecular weight is 324 g/mol. The molecule has 1 atom stereocenters. The van der Waals surface area contributed by atoms with Gasteiger partial charge in [0.2, 0.25) is 10.0 Å². The third-order valence-electron chi connectivity index (χ3n) is 2.72. The second kappa shape index (κ2) is 6.07. The summed E-state index contributed by atoms with van der Waals surface area (Å²) in [5.74, 6) is -2.38. The molecule has 0 heterocycles. The molecule has 0 aliphatic heterocycles.